The van der Waals surface area contributed by atoms with Gasteiger partial charge in [0.05, 0.1) is 12.0 Å². The van der Waals surface area contributed by atoms with Crippen LogP contribution >= 0.6 is 11.6 Å². The van der Waals surface area contributed by atoms with E-state index in [9.17, 15) is 15.3 Å². The second-order valence-corrected chi connectivity index (χ2v) is 3.49. The van der Waals surface area contributed by atoms with E-state index >= 15 is 0 Å². The van der Waals surface area contributed by atoms with Gasteiger partial charge in [-0.15, -0.1) is 11.6 Å². The van der Waals surface area contributed by atoms with E-state index in [4.69, 9.17) is 11.6 Å². The van der Waals surface area contributed by atoms with E-state index in [-0.39, 0.29) is 11.6 Å². The van der Waals surface area contributed by atoms with Gasteiger partial charge in [-0.25, -0.2) is 0 Å². The lowest BCUT2D eigenvalue weighted by Crippen LogP contribution is -2.19. The highest BCUT2D eigenvalue weighted by atomic mass is 35.5. The molecule has 0 aliphatic heterocycles. The summed E-state index contributed by atoms with van der Waals surface area (Å²) in [5.74, 6) is -0.0710. The van der Waals surface area contributed by atoms with Crippen molar-refractivity contribution in [2.75, 3.05) is 5.88 Å². The van der Waals surface area contributed by atoms with Crippen molar-refractivity contribution in [3.05, 3.63) is 29.3 Å². The first-order valence-corrected chi connectivity index (χ1v) is 4.82. The van der Waals surface area contributed by atoms with Crippen molar-refractivity contribution in [1.29, 1.82) is 0 Å². The lowest BCUT2D eigenvalue weighted by molar-refractivity contribution is 0.0312. The number of aliphatic hydroxyl groups excluding tert-OH is 2. The molecule has 3 nitrogen and oxygen atoms in total. The highest BCUT2D eigenvalue weighted by Gasteiger charge is 2.20. The fourth-order valence-electron chi connectivity index (χ4n) is 1.21. The summed E-state index contributed by atoms with van der Waals surface area (Å²) in [6, 6.07) is 4.98. The molecule has 1 aromatic carbocycles. The highest BCUT2D eigenvalue weighted by molar-refractivity contribution is 6.18. The van der Waals surface area contributed by atoms with Crippen LogP contribution in [0.15, 0.2) is 18.2 Å². The van der Waals surface area contributed by atoms with Crippen molar-refractivity contribution >= 4 is 11.6 Å². The third-order valence-corrected chi connectivity index (χ3v) is 2.43. The Balaban J connectivity index is 3.01. The van der Waals surface area contributed by atoms with Crippen LogP contribution in [-0.2, 0) is 0 Å². The molecule has 0 aromatic heterocycles. The topological polar surface area (TPSA) is 60.7 Å². The first-order valence-electron chi connectivity index (χ1n) is 4.28. The van der Waals surface area contributed by atoms with Gasteiger partial charge in [0.15, 0.2) is 0 Å². The summed E-state index contributed by atoms with van der Waals surface area (Å²) in [4.78, 5) is 0. The standard InChI is InChI=1S/C10H13ClO3/c1-6-3-2-4-7(9(6)13)10(14)8(12)5-11/h2-4,8,10,12-14H,5H2,1H3. The molecule has 2 unspecified atom stereocenters. The molecule has 0 saturated carbocycles. The zero-order valence-corrected chi connectivity index (χ0v) is 8.57. The molecule has 0 saturated heterocycles. The van der Waals surface area contributed by atoms with E-state index in [0.29, 0.717) is 11.1 Å². The van der Waals surface area contributed by atoms with E-state index in [2.05, 4.69) is 0 Å². The molecule has 0 bridgehead atoms. The summed E-state index contributed by atoms with van der Waals surface area (Å²) in [6.07, 6.45) is -2.21. The van der Waals surface area contributed by atoms with Crippen LogP contribution in [0.3, 0.4) is 0 Å². The van der Waals surface area contributed by atoms with Gasteiger partial charge >= 0.3 is 0 Å². The minimum absolute atomic E-state index is 0.00386. The van der Waals surface area contributed by atoms with Crippen LogP contribution in [0.5, 0.6) is 5.75 Å². The SMILES string of the molecule is Cc1cccc(C(O)C(O)CCl)c1O. The molecule has 0 radical (unpaired) electrons. The predicted octanol–water partition coefficient (Wildman–Crippen LogP) is 1.33. The molecule has 0 fully saturated rings. The van der Waals surface area contributed by atoms with Gasteiger partial charge in [0.2, 0.25) is 0 Å². The van der Waals surface area contributed by atoms with E-state index in [1.807, 2.05) is 0 Å². The van der Waals surface area contributed by atoms with Crippen molar-refractivity contribution < 1.29 is 15.3 Å². The van der Waals surface area contributed by atoms with Crippen LogP contribution in [0, 0.1) is 6.92 Å². The average Bonchev–Trinajstić information content (AvgIpc) is 2.20. The first-order chi connectivity index (χ1) is 6.57. The van der Waals surface area contributed by atoms with Crippen molar-refractivity contribution in [3.63, 3.8) is 0 Å². The van der Waals surface area contributed by atoms with Crippen molar-refractivity contribution in [2.24, 2.45) is 0 Å². The van der Waals surface area contributed by atoms with E-state index in [1.54, 1.807) is 25.1 Å². The molecule has 78 valence electrons. The molecular formula is C10H13ClO3. The van der Waals surface area contributed by atoms with E-state index < -0.39 is 12.2 Å². The Morgan fingerprint density at radius 2 is 2.00 bits per heavy atom. The molecule has 0 amide bonds. The van der Waals surface area contributed by atoms with Crippen LogP contribution < -0.4 is 0 Å². The number of hydrogen-bond acceptors (Lipinski definition) is 3. The Labute approximate surface area is 87.6 Å². The molecule has 0 spiro atoms. The monoisotopic (exact) mass is 216 g/mol. The Morgan fingerprint density at radius 1 is 1.36 bits per heavy atom. The molecule has 4 heteroatoms. The summed E-state index contributed by atoms with van der Waals surface area (Å²) in [5, 5.41) is 28.5. The number of alkyl halides is 1. The molecule has 3 N–H and O–H groups in total. The summed E-state index contributed by atoms with van der Waals surface area (Å²) < 4.78 is 0. The second-order valence-electron chi connectivity index (χ2n) is 3.18. The van der Waals surface area contributed by atoms with Gasteiger partial charge in [-0.1, -0.05) is 18.2 Å². The molecule has 0 heterocycles. The van der Waals surface area contributed by atoms with Crippen molar-refractivity contribution in [2.45, 2.75) is 19.1 Å². The number of para-hydroxylation sites is 1. The first kappa shape index (κ1) is 11.3. The van der Waals surface area contributed by atoms with Crippen molar-refractivity contribution in [1.82, 2.24) is 0 Å². The smallest absolute Gasteiger partial charge is 0.124 e. The van der Waals surface area contributed by atoms with Gasteiger partial charge in [0, 0.05) is 5.56 Å². The lowest BCUT2D eigenvalue weighted by Gasteiger charge is -2.17. The third kappa shape index (κ3) is 2.18. The number of halogens is 1. The quantitative estimate of drug-likeness (QED) is 0.669. The maximum Gasteiger partial charge on any atom is 0.124 e. The number of hydrogen-bond donors (Lipinski definition) is 3. The highest BCUT2D eigenvalue weighted by Crippen LogP contribution is 2.29. The molecule has 0 aliphatic rings. The minimum Gasteiger partial charge on any atom is -0.507 e. The molecule has 14 heavy (non-hydrogen) atoms. The summed E-state index contributed by atoms with van der Waals surface area (Å²) >= 11 is 5.40. The zero-order valence-electron chi connectivity index (χ0n) is 7.81. The minimum atomic E-state index is -1.15. The zero-order chi connectivity index (χ0) is 10.7. The summed E-state index contributed by atoms with van der Waals surface area (Å²) in [5.41, 5.74) is 0.960. The third-order valence-electron chi connectivity index (χ3n) is 2.11. The van der Waals surface area contributed by atoms with Crippen LogP contribution in [0.4, 0.5) is 0 Å². The number of benzene rings is 1. The molecular weight excluding hydrogens is 204 g/mol. The van der Waals surface area contributed by atoms with E-state index in [0.717, 1.165) is 0 Å². The maximum absolute atomic E-state index is 9.60. The van der Waals surface area contributed by atoms with Gasteiger partial charge in [0.25, 0.3) is 0 Å². The Bertz CT molecular complexity index is 314. The number of rotatable bonds is 3. The molecule has 1 rings (SSSR count). The second kappa shape index (κ2) is 4.64. The van der Waals surface area contributed by atoms with E-state index in [1.165, 1.54) is 0 Å². The summed E-state index contributed by atoms with van der Waals surface area (Å²) in [7, 11) is 0. The number of aliphatic hydroxyl groups is 2. The average molecular weight is 217 g/mol. The van der Waals surface area contributed by atoms with Gasteiger partial charge < -0.3 is 15.3 Å². The molecule has 0 aliphatic carbocycles. The number of phenolic OH excluding ortho intramolecular Hbond substituents is 1. The van der Waals surface area contributed by atoms with Gasteiger partial charge in [0.1, 0.15) is 11.9 Å². The van der Waals surface area contributed by atoms with Crippen LogP contribution in [-0.4, -0.2) is 27.3 Å². The lowest BCUT2D eigenvalue weighted by atomic mass is 10.0. The molecule has 1 aromatic rings. The predicted molar refractivity (Wildman–Crippen MR) is 54.5 cm³/mol. The summed E-state index contributed by atoms with van der Waals surface area (Å²) in [6.45, 7) is 1.72. The normalized spacial score (nSPS) is 15.1. The Morgan fingerprint density at radius 3 is 2.57 bits per heavy atom. The van der Waals surface area contributed by atoms with Gasteiger partial charge in [-0.3, -0.25) is 0 Å². The van der Waals surface area contributed by atoms with Gasteiger partial charge in [-0.2, -0.15) is 0 Å². The number of aromatic hydroxyl groups is 1. The van der Waals surface area contributed by atoms with Crippen molar-refractivity contribution in [3.8, 4) is 5.75 Å². The Kier molecular flexibility index (Phi) is 3.75. The fraction of sp³-hybridized carbons (Fsp3) is 0.400. The van der Waals surface area contributed by atoms with Crippen LogP contribution in [0.2, 0.25) is 0 Å². The number of phenols is 1. The van der Waals surface area contributed by atoms with Crippen LogP contribution in [0.1, 0.15) is 17.2 Å². The van der Waals surface area contributed by atoms with Crippen LogP contribution in [0.25, 0.3) is 0 Å². The Hall–Kier alpha value is -0.770. The number of aryl methyl sites for hydroxylation is 1. The molecule has 2 atom stereocenters. The maximum atomic E-state index is 9.60. The fourth-order valence-corrected chi connectivity index (χ4v) is 1.38. The van der Waals surface area contributed by atoms with Gasteiger partial charge in [-0.05, 0) is 12.5 Å². The largest absolute Gasteiger partial charge is 0.507 e.